The first-order valence-corrected chi connectivity index (χ1v) is 10.3. The van der Waals surface area contributed by atoms with Crippen LogP contribution in [0.3, 0.4) is 0 Å². The molecule has 0 fully saturated rings. The number of nitrogens with zero attached hydrogens (tertiary/aromatic N) is 3. The summed E-state index contributed by atoms with van der Waals surface area (Å²) >= 11 is 3.38. The highest BCUT2D eigenvalue weighted by Gasteiger charge is 2.39. The van der Waals surface area contributed by atoms with Gasteiger partial charge in [-0.05, 0) is 34.1 Å². The van der Waals surface area contributed by atoms with Gasteiger partial charge in [-0.2, -0.15) is 10.2 Å². The van der Waals surface area contributed by atoms with Crippen LogP contribution < -0.4 is 4.74 Å². The number of ether oxygens (including phenoxy) is 1. The zero-order valence-electron chi connectivity index (χ0n) is 12.5. The van der Waals surface area contributed by atoms with Crippen molar-refractivity contribution in [1.82, 2.24) is 9.55 Å². The maximum atomic E-state index is 8.91. The fourth-order valence-corrected chi connectivity index (χ4v) is 3.24. The van der Waals surface area contributed by atoms with Gasteiger partial charge < -0.3 is 9.16 Å². The second-order valence-corrected chi connectivity index (χ2v) is 12.1. The van der Waals surface area contributed by atoms with Crippen LogP contribution in [-0.2, 0) is 11.0 Å². The van der Waals surface area contributed by atoms with Gasteiger partial charge in [0.05, 0.1) is 13.2 Å². The first-order chi connectivity index (χ1) is 9.15. The van der Waals surface area contributed by atoms with E-state index >= 15 is 0 Å². The lowest BCUT2D eigenvalue weighted by atomic mass is 10.2. The van der Waals surface area contributed by atoms with Crippen LogP contribution >= 0.6 is 15.9 Å². The quantitative estimate of drug-likeness (QED) is 0.778. The molecule has 1 aromatic heterocycles. The van der Waals surface area contributed by atoms with Crippen molar-refractivity contribution in [3.05, 3.63) is 10.3 Å². The van der Waals surface area contributed by atoms with Gasteiger partial charge in [0.1, 0.15) is 16.8 Å². The Labute approximate surface area is 129 Å². The van der Waals surface area contributed by atoms with E-state index in [-0.39, 0.29) is 11.1 Å². The lowest BCUT2D eigenvalue weighted by Crippen LogP contribution is -2.43. The zero-order valence-corrected chi connectivity index (χ0v) is 15.1. The molecule has 1 aromatic rings. The molecule has 20 heavy (non-hydrogen) atoms. The second-order valence-electron chi connectivity index (χ2n) is 6.57. The summed E-state index contributed by atoms with van der Waals surface area (Å²) in [6.45, 7) is 12.3. The van der Waals surface area contributed by atoms with Gasteiger partial charge in [0.2, 0.25) is 0 Å². The average Bonchev–Trinajstić information content (AvgIpc) is 2.85. The van der Waals surface area contributed by atoms with E-state index in [4.69, 9.17) is 14.4 Å². The number of fused-ring (bicyclic) bond motifs is 1. The van der Waals surface area contributed by atoms with E-state index in [0.717, 1.165) is 0 Å². The Morgan fingerprint density at radius 2 is 2.20 bits per heavy atom. The maximum Gasteiger partial charge on any atom is 0.299 e. The van der Waals surface area contributed by atoms with E-state index in [0.29, 0.717) is 29.5 Å². The average molecular weight is 358 g/mol. The predicted octanol–water partition coefficient (Wildman–Crippen LogP) is 3.30. The minimum absolute atomic E-state index is 0.0318. The van der Waals surface area contributed by atoms with Gasteiger partial charge in [0, 0.05) is 0 Å². The van der Waals surface area contributed by atoms with Crippen LogP contribution in [0.1, 0.15) is 26.5 Å². The Balaban J connectivity index is 1.98. The van der Waals surface area contributed by atoms with Crippen LogP contribution in [0.25, 0.3) is 0 Å². The van der Waals surface area contributed by atoms with Crippen molar-refractivity contribution < 1.29 is 9.16 Å². The third-order valence-corrected chi connectivity index (χ3v) is 9.38. The normalized spacial score (nSPS) is 18.6. The molecule has 2 heterocycles. The monoisotopic (exact) mass is 357 g/mol. The summed E-state index contributed by atoms with van der Waals surface area (Å²) in [6, 6.07) is 2.53. The Bertz CT molecular complexity index is 557. The molecule has 5 nitrogen and oxygen atoms in total. The minimum atomic E-state index is -1.76. The Kier molecular flexibility index (Phi) is 4.02. The maximum absolute atomic E-state index is 8.91. The molecule has 0 bridgehead atoms. The smallest absolute Gasteiger partial charge is 0.299 e. The van der Waals surface area contributed by atoms with E-state index in [9.17, 15) is 0 Å². The van der Waals surface area contributed by atoms with Crippen LogP contribution in [0.4, 0.5) is 0 Å². The number of halogens is 1. The molecule has 0 aromatic carbocycles. The molecule has 0 spiro atoms. The summed E-state index contributed by atoms with van der Waals surface area (Å²) in [5.41, 5.74) is 0.365. The van der Waals surface area contributed by atoms with Gasteiger partial charge in [0.15, 0.2) is 14.0 Å². The highest BCUT2D eigenvalue weighted by molar-refractivity contribution is 9.10. The standard InChI is InChI=1S/C13H20BrN3O2Si/c1-13(2,3)20(4,5)18-8-9-7-17-11(14)10(6-15)16-12(17)19-9/h9H,7-8H2,1-5H3/t9-/m0/s1. The number of aromatic nitrogens is 2. The van der Waals surface area contributed by atoms with Crippen molar-refractivity contribution >= 4 is 24.2 Å². The molecule has 1 aliphatic heterocycles. The van der Waals surface area contributed by atoms with Crippen molar-refractivity contribution in [2.75, 3.05) is 6.61 Å². The first kappa shape index (κ1) is 15.5. The summed E-state index contributed by atoms with van der Waals surface area (Å²) < 4.78 is 14.5. The largest absolute Gasteiger partial charge is 0.457 e. The molecule has 0 N–H and O–H groups in total. The van der Waals surface area contributed by atoms with Crippen molar-refractivity contribution in [2.45, 2.75) is 51.6 Å². The highest BCUT2D eigenvalue weighted by Crippen LogP contribution is 2.37. The van der Waals surface area contributed by atoms with E-state index in [1.807, 2.05) is 10.6 Å². The third kappa shape index (κ3) is 2.78. The molecule has 0 unspecified atom stereocenters. The van der Waals surface area contributed by atoms with Gasteiger partial charge in [-0.3, -0.25) is 4.57 Å². The minimum Gasteiger partial charge on any atom is -0.457 e. The first-order valence-electron chi connectivity index (χ1n) is 6.62. The topological polar surface area (TPSA) is 60.1 Å². The lowest BCUT2D eigenvalue weighted by Gasteiger charge is -2.36. The summed E-state index contributed by atoms with van der Waals surface area (Å²) in [4.78, 5) is 4.14. The molecular formula is C13H20BrN3O2Si. The molecule has 0 amide bonds. The van der Waals surface area contributed by atoms with Crippen LogP contribution in [-0.4, -0.2) is 30.6 Å². The summed E-state index contributed by atoms with van der Waals surface area (Å²) in [6.07, 6.45) is -0.0318. The van der Waals surface area contributed by atoms with Crippen molar-refractivity contribution in [3.8, 4) is 12.1 Å². The summed E-state index contributed by atoms with van der Waals surface area (Å²) in [5.74, 6) is 0. The molecule has 2 rings (SSSR count). The summed E-state index contributed by atoms with van der Waals surface area (Å²) in [5, 5.41) is 9.10. The van der Waals surface area contributed by atoms with Crippen molar-refractivity contribution in [2.24, 2.45) is 0 Å². The third-order valence-electron chi connectivity index (χ3n) is 4.07. The van der Waals surface area contributed by atoms with Gasteiger partial charge in [-0.15, -0.1) is 0 Å². The number of imidazole rings is 1. The van der Waals surface area contributed by atoms with Crippen LogP contribution in [0, 0.1) is 11.3 Å². The molecule has 0 aliphatic carbocycles. The van der Waals surface area contributed by atoms with E-state index in [2.05, 4.69) is 54.8 Å². The molecule has 1 aliphatic rings. The fraction of sp³-hybridized carbons (Fsp3) is 0.692. The van der Waals surface area contributed by atoms with Crippen LogP contribution in [0.2, 0.25) is 18.1 Å². The molecule has 0 saturated heterocycles. The lowest BCUT2D eigenvalue weighted by molar-refractivity contribution is 0.134. The van der Waals surface area contributed by atoms with E-state index in [1.54, 1.807) is 0 Å². The Hall–Kier alpha value is -0.843. The van der Waals surface area contributed by atoms with E-state index < -0.39 is 8.32 Å². The van der Waals surface area contributed by atoms with Crippen LogP contribution in [0.5, 0.6) is 6.01 Å². The Morgan fingerprint density at radius 1 is 1.55 bits per heavy atom. The van der Waals surface area contributed by atoms with Gasteiger partial charge >= 0.3 is 0 Å². The molecule has 0 radical (unpaired) electrons. The second kappa shape index (κ2) is 5.17. The fourth-order valence-electron chi connectivity index (χ4n) is 1.73. The number of rotatable bonds is 3. The Morgan fingerprint density at radius 3 is 2.70 bits per heavy atom. The number of nitriles is 1. The van der Waals surface area contributed by atoms with Gasteiger partial charge in [-0.25, -0.2) is 0 Å². The molecular weight excluding hydrogens is 338 g/mol. The summed E-state index contributed by atoms with van der Waals surface area (Å²) in [7, 11) is -1.76. The number of hydrogen-bond donors (Lipinski definition) is 0. The number of hydrogen-bond acceptors (Lipinski definition) is 4. The molecule has 1 atom stereocenters. The van der Waals surface area contributed by atoms with E-state index in [1.165, 1.54) is 0 Å². The van der Waals surface area contributed by atoms with Crippen molar-refractivity contribution in [1.29, 1.82) is 5.26 Å². The van der Waals surface area contributed by atoms with Crippen LogP contribution in [0.15, 0.2) is 4.60 Å². The SMILES string of the molecule is CC(C)(C)[Si](C)(C)OC[C@@H]1Cn2c(nc(C#N)c2Br)O1. The van der Waals surface area contributed by atoms with Gasteiger partial charge in [-0.1, -0.05) is 20.8 Å². The molecule has 110 valence electrons. The molecule has 0 saturated carbocycles. The predicted molar refractivity (Wildman–Crippen MR) is 82.2 cm³/mol. The van der Waals surface area contributed by atoms with Crippen molar-refractivity contribution in [3.63, 3.8) is 0 Å². The molecule has 7 heteroatoms. The van der Waals surface area contributed by atoms with Gasteiger partial charge in [0.25, 0.3) is 6.01 Å². The zero-order chi connectivity index (χ0) is 15.1. The highest BCUT2D eigenvalue weighted by atomic mass is 79.9.